The van der Waals surface area contributed by atoms with Crippen molar-refractivity contribution in [3.63, 3.8) is 0 Å². The maximum Gasteiger partial charge on any atom is 0.161 e. The Bertz CT molecular complexity index is 1110. The highest BCUT2D eigenvalue weighted by molar-refractivity contribution is 7.09. The molecule has 0 aliphatic carbocycles. The van der Waals surface area contributed by atoms with Crippen molar-refractivity contribution in [1.82, 2.24) is 9.55 Å². The van der Waals surface area contributed by atoms with Gasteiger partial charge in [-0.05, 0) is 48.2 Å². The van der Waals surface area contributed by atoms with Gasteiger partial charge in [0, 0.05) is 11.3 Å². The highest BCUT2D eigenvalue weighted by atomic mass is 32.1. The fraction of sp³-hybridized carbons (Fsp3) is 0.208. The standard InChI is InChI=1S/C24H24N2O2S/c1-3-7-18-11-12-22(23(16-18)27-2)28-14-13-26-21-10-5-4-9-20(21)25-24(26)17-19-8-6-15-29-19/h3-12,15-16H,13-14,17H2,1-2H3/b7-3+. The second kappa shape index (κ2) is 8.97. The molecule has 4 aromatic rings. The number of nitrogens with zero attached hydrogens (tertiary/aromatic N) is 2. The van der Waals surface area contributed by atoms with E-state index in [9.17, 15) is 0 Å². The molecule has 0 aliphatic rings. The van der Waals surface area contributed by atoms with Crippen LogP contribution in [-0.2, 0) is 13.0 Å². The van der Waals surface area contributed by atoms with Crippen molar-refractivity contribution in [2.45, 2.75) is 19.9 Å². The van der Waals surface area contributed by atoms with E-state index in [1.807, 2.05) is 43.3 Å². The molecule has 2 aromatic heterocycles. The molecule has 0 radical (unpaired) electrons. The Labute approximate surface area is 175 Å². The monoisotopic (exact) mass is 404 g/mol. The molecule has 0 atom stereocenters. The van der Waals surface area contributed by atoms with Gasteiger partial charge in [0.05, 0.1) is 24.7 Å². The van der Waals surface area contributed by atoms with Crippen molar-refractivity contribution >= 4 is 28.4 Å². The minimum Gasteiger partial charge on any atom is -0.493 e. The minimum absolute atomic E-state index is 0.539. The number of benzene rings is 2. The van der Waals surface area contributed by atoms with E-state index in [4.69, 9.17) is 14.5 Å². The number of imidazole rings is 1. The lowest BCUT2D eigenvalue weighted by atomic mass is 10.2. The summed E-state index contributed by atoms with van der Waals surface area (Å²) in [6, 6.07) is 18.5. The number of rotatable bonds is 8. The molecular formula is C24H24N2O2S. The van der Waals surface area contributed by atoms with Gasteiger partial charge < -0.3 is 14.0 Å². The third-order valence-corrected chi connectivity index (χ3v) is 5.64. The topological polar surface area (TPSA) is 36.3 Å². The molecule has 0 saturated heterocycles. The average molecular weight is 405 g/mol. The summed E-state index contributed by atoms with van der Waals surface area (Å²) in [6.07, 6.45) is 4.88. The fourth-order valence-electron chi connectivity index (χ4n) is 3.43. The van der Waals surface area contributed by atoms with Crippen LogP contribution < -0.4 is 9.47 Å². The molecule has 0 N–H and O–H groups in total. The van der Waals surface area contributed by atoms with Crippen LogP contribution in [0, 0.1) is 0 Å². The van der Waals surface area contributed by atoms with E-state index in [2.05, 4.69) is 40.3 Å². The van der Waals surface area contributed by atoms with Crippen molar-refractivity contribution < 1.29 is 9.47 Å². The second-order valence-corrected chi connectivity index (χ2v) is 7.72. The second-order valence-electron chi connectivity index (χ2n) is 6.68. The summed E-state index contributed by atoms with van der Waals surface area (Å²) in [4.78, 5) is 6.17. The lowest BCUT2D eigenvalue weighted by molar-refractivity contribution is 0.280. The van der Waals surface area contributed by atoms with E-state index >= 15 is 0 Å². The first kappa shape index (κ1) is 19.3. The first-order valence-electron chi connectivity index (χ1n) is 9.68. The minimum atomic E-state index is 0.539. The van der Waals surface area contributed by atoms with E-state index < -0.39 is 0 Å². The number of aromatic nitrogens is 2. The van der Waals surface area contributed by atoms with Crippen molar-refractivity contribution in [3.05, 3.63) is 82.3 Å². The number of allylic oxidation sites excluding steroid dienone is 1. The Morgan fingerprint density at radius 1 is 1.07 bits per heavy atom. The van der Waals surface area contributed by atoms with E-state index in [-0.39, 0.29) is 0 Å². The molecule has 29 heavy (non-hydrogen) atoms. The van der Waals surface area contributed by atoms with Crippen molar-refractivity contribution in [1.29, 1.82) is 0 Å². The first-order chi connectivity index (χ1) is 14.3. The van der Waals surface area contributed by atoms with Crippen LogP contribution in [0.25, 0.3) is 17.1 Å². The van der Waals surface area contributed by atoms with E-state index in [0.29, 0.717) is 6.61 Å². The number of ether oxygens (including phenoxy) is 2. The van der Waals surface area contributed by atoms with Crippen LogP contribution in [0.3, 0.4) is 0 Å². The molecule has 148 valence electrons. The maximum atomic E-state index is 6.08. The van der Waals surface area contributed by atoms with Crippen LogP contribution in [0.5, 0.6) is 11.5 Å². The van der Waals surface area contributed by atoms with E-state index in [1.54, 1.807) is 18.4 Å². The summed E-state index contributed by atoms with van der Waals surface area (Å²) in [6.45, 7) is 3.26. The van der Waals surface area contributed by atoms with Crippen LogP contribution in [-0.4, -0.2) is 23.3 Å². The summed E-state index contributed by atoms with van der Waals surface area (Å²) in [5.74, 6) is 2.56. The van der Waals surface area contributed by atoms with Gasteiger partial charge in [-0.1, -0.05) is 36.4 Å². The highest BCUT2D eigenvalue weighted by Gasteiger charge is 2.12. The Balaban J connectivity index is 1.54. The lowest BCUT2D eigenvalue weighted by Gasteiger charge is -2.13. The Kier molecular flexibility index (Phi) is 5.96. The van der Waals surface area contributed by atoms with E-state index in [1.165, 1.54) is 4.88 Å². The summed E-state index contributed by atoms with van der Waals surface area (Å²) < 4.78 is 13.8. The molecule has 2 heterocycles. The van der Waals surface area contributed by atoms with E-state index in [0.717, 1.165) is 46.9 Å². The maximum absolute atomic E-state index is 6.08. The SMILES string of the molecule is C/C=C/c1ccc(OCCn2c(Cc3cccs3)nc3ccccc32)c(OC)c1. The van der Waals surface area contributed by atoms with Gasteiger partial charge in [0.1, 0.15) is 12.4 Å². The van der Waals surface area contributed by atoms with Crippen LogP contribution in [0.2, 0.25) is 0 Å². The highest BCUT2D eigenvalue weighted by Crippen LogP contribution is 2.29. The lowest BCUT2D eigenvalue weighted by Crippen LogP contribution is -2.11. The van der Waals surface area contributed by atoms with Crippen LogP contribution in [0.4, 0.5) is 0 Å². The molecule has 4 rings (SSSR count). The molecule has 0 bridgehead atoms. The molecule has 0 aliphatic heterocycles. The normalized spacial score (nSPS) is 11.4. The third kappa shape index (κ3) is 4.35. The summed E-state index contributed by atoms with van der Waals surface area (Å²) in [5.41, 5.74) is 3.25. The predicted octanol–water partition coefficient (Wildman–Crippen LogP) is 5.81. The number of thiophene rings is 1. The number of methoxy groups -OCH3 is 1. The predicted molar refractivity (Wildman–Crippen MR) is 120 cm³/mol. The van der Waals surface area contributed by atoms with Gasteiger partial charge >= 0.3 is 0 Å². The zero-order chi connectivity index (χ0) is 20.1. The number of fused-ring (bicyclic) bond motifs is 1. The van der Waals surface area contributed by atoms with Gasteiger partial charge in [0.15, 0.2) is 11.5 Å². The number of hydrogen-bond acceptors (Lipinski definition) is 4. The third-order valence-electron chi connectivity index (χ3n) is 4.77. The van der Waals surface area contributed by atoms with Crippen molar-refractivity contribution in [2.24, 2.45) is 0 Å². The molecule has 0 spiro atoms. The fourth-order valence-corrected chi connectivity index (χ4v) is 4.13. The summed E-state index contributed by atoms with van der Waals surface area (Å²) >= 11 is 1.76. The van der Waals surface area contributed by atoms with Crippen LogP contribution in [0.15, 0.2) is 66.1 Å². The average Bonchev–Trinajstić information content (AvgIpc) is 3.37. The molecule has 5 heteroatoms. The molecule has 2 aromatic carbocycles. The molecule has 4 nitrogen and oxygen atoms in total. The Morgan fingerprint density at radius 3 is 2.76 bits per heavy atom. The van der Waals surface area contributed by atoms with Gasteiger partial charge in [-0.25, -0.2) is 4.98 Å². The van der Waals surface area contributed by atoms with Gasteiger partial charge in [-0.2, -0.15) is 0 Å². The van der Waals surface area contributed by atoms with Crippen molar-refractivity contribution in [3.8, 4) is 11.5 Å². The number of hydrogen-bond donors (Lipinski definition) is 0. The largest absolute Gasteiger partial charge is 0.493 e. The molecular weight excluding hydrogens is 380 g/mol. The number of para-hydroxylation sites is 2. The quantitative estimate of drug-likeness (QED) is 0.372. The first-order valence-corrected chi connectivity index (χ1v) is 10.6. The smallest absolute Gasteiger partial charge is 0.161 e. The van der Waals surface area contributed by atoms with Gasteiger partial charge in [-0.15, -0.1) is 11.3 Å². The summed E-state index contributed by atoms with van der Waals surface area (Å²) in [7, 11) is 1.67. The zero-order valence-corrected chi connectivity index (χ0v) is 17.5. The Morgan fingerprint density at radius 2 is 1.97 bits per heavy atom. The molecule has 0 fully saturated rings. The van der Waals surface area contributed by atoms with Crippen LogP contribution in [0.1, 0.15) is 23.2 Å². The molecule has 0 amide bonds. The molecule has 0 unspecified atom stereocenters. The molecule has 0 saturated carbocycles. The van der Waals surface area contributed by atoms with Gasteiger partial charge in [-0.3, -0.25) is 0 Å². The van der Waals surface area contributed by atoms with Crippen LogP contribution >= 0.6 is 11.3 Å². The Hall–Kier alpha value is -3.05. The van der Waals surface area contributed by atoms with Gasteiger partial charge in [0.2, 0.25) is 0 Å². The van der Waals surface area contributed by atoms with Gasteiger partial charge in [0.25, 0.3) is 0 Å². The summed E-state index contributed by atoms with van der Waals surface area (Å²) in [5, 5.41) is 2.11. The van der Waals surface area contributed by atoms with Crippen molar-refractivity contribution in [2.75, 3.05) is 13.7 Å². The zero-order valence-electron chi connectivity index (χ0n) is 16.7.